The lowest BCUT2D eigenvalue weighted by molar-refractivity contribution is 0.0401. The predicted octanol–water partition coefficient (Wildman–Crippen LogP) is 6.40. The minimum absolute atomic E-state index is 0.205. The number of benzene rings is 1. The highest BCUT2D eigenvalue weighted by molar-refractivity contribution is 5.68. The minimum atomic E-state index is 0.205. The van der Waals surface area contributed by atoms with Crippen LogP contribution in [-0.4, -0.2) is 4.98 Å². The molecule has 1 saturated carbocycles. The fraction of sp³-hybridized carbons (Fsp3) is 0.458. The Morgan fingerprint density at radius 3 is 2.32 bits per heavy atom. The molecule has 1 unspecified atom stereocenters. The molecule has 0 bridgehead atoms. The number of pyridine rings is 1. The van der Waals surface area contributed by atoms with Crippen LogP contribution in [0.25, 0.3) is 17.3 Å². The maximum absolute atomic E-state index is 4.75. The first-order chi connectivity index (χ1) is 11.7. The molecule has 0 aliphatic heterocycles. The number of hydrogen-bond donors (Lipinski definition) is 0. The van der Waals surface area contributed by atoms with E-state index in [9.17, 15) is 0 Å². The van der Waals surface area contributed by atoms with Gasteiger partial charge in [-0.2, -0.15) is 0 Å². The zero-order valence-corrected chi connectivity index (χ0v) is 16.4. The van der Waals surface area contributed by atoms with Crippen LogP contribution in [0.3, 0.4) is 0 Å². The number of allylic oxidation sites excluding steroid dienone is 1. The molecule has 2 aliphatic carbocycles. The van der Waals surface area contributed by atoms with E-state index in [1.807, 2.05) is 0 Å². The Bertz CT molecular complexity index is 853. The number of aromatic nitrogens is 1. The van der Waals surface area contributed by atoms with E-state index >= 15 is 0 Å². The van der Waals surface area contributed by atoms with Crippen molar-refractivity contribution in [1.29, 1.82) is 0 Å². The van der Waals surface area contributed by atoms with E-state index in [0.29, 0.717) is 5.92 Å². The van der Waals surface area contributed by atoms with Gasteiger partial charge in [-0.3, -0.25) is 4.98 Å². The number of fused-ring (bicyclic) bond motifs is 2. The summed E-state index contributed by atoms with van der Waals surface area (Å²) in [6, 6.07) is 12.8. The topological polar surface area (TPSA) is 12.9 Å². The third-order valence-corrected chi connectivity index (χ3v) is 7.97. The fourth-order valence-electron chi connectivity index (χ4n) is 5.04. The van der Waals surface area contributed by atoms with Crippen molar-refractivity contribution in [1.82, 2.24) is 4.98 Å². The van der Waals surface area contributed by atoms with Gasteiger partial charge in [0.05, 0.1) is 5.69 Å². The van der Waals surface area contributed by atoms with Crippen molar-refractivity contribution in [2.75, 3.05) is 0 Å². The van der Waals surface area contributed by atoms with Gasteiger partial charge in [0.1, 0.15) is 0 Å². The number of hydrogen-bond acceptors (Lipinski definition) is 1. The van der Waals surface area contributed by atoms with Crippen molar-refractivity contribution >= 4 is 6.08 Å². The molecule has 0 N–H and O–H groups in total. The van der Waals surface area contributed by atoms with Gasteiger partial charge in [-0.25, -0.2) is 0 Å². The standard InChI is InChI=1S/C24H29N/c1-22(2)19-12-17-14-21(16-10-8-7-9-11-16)25-15-18(17)13-20(19)23(3,4)24(22,5)6/h7-11,13-15,19H,12H2,1-6H3. The summed E-state index contributed by atoms with van der Waals surface area (Å²) in [5.41, 5.74) is 7.40. The Balaban J connectivity index is 1.83. The van der Waals surface area contributed by atoms with Crippen LogP contribution in [0.4, 0.5) is 0 Å². The Kier molecular flexibility index (Phi) is 3.36. The maximum Gasteiger partial charge on any atom is 0.0705 e. The Labute approximate surface area is 152 Å². The van der Waals surface area contributed by atoms with Crippen molar-refractivity contribution in [3.63, 3.8) is 0 Å². The van der Waals surface area contributed by atoms with E-state index in [0.717, 1.165) is 12.1 Å². The molecule has 1 heterocycles. The monoisotopic (exact) mass is 331 g/mol. The first-order valence-corrected chi connectivity index (χ1v) is 9.43. The molecule has 130 valence electrons. The summed E-state index contributed by atoms with van der Waals surface area (Å²) >= 11 is 0. The van der Waals surface area contributed by atoms with E-state index in [2.05, 4.69) is 90.2 Å². The molecule has 2 aliphatic rings. The molecule has 4 rings (SSSR count). The molecule has 1 fully saturated rings. The SMILES string of the molecule is CC1(C)C2=Cc3cnc(-c4ccccc4)cc3CC2C(C)(C)C1(C)C. The summed E-state index contributed by atoms with van der Waals surface area (Å²) < 4.78 is 0. The van der Waals surface area contributed by atoms with Crippen molar-refractivity contribution in [2.45, 2.75) is 48.0 Å². The highest BCUT2D eigenvalue weighted by Gasteiger charge is 2.61. The second kappa shape index (κ2) is 5.06. The molecule has 25 heavy (non-hydrogen) atoms. The molecule has 0 saturated heterocycles. The van der Waals surface area contributed by atoms with Gasteiger partial charge in [-0.1, -0.05) is 83.5 Å². The molecular weight excluding hydrogens is 302 g/mol. The van der Waals surface area contributed by atoms with Gasteiger partial charge in [0.25, 0.3) is 0 Å². The first-order valence-electron chi connectivity index (χ1n) is 9.43. The van der Waals surface area contributed by atoms with Crippen LogP contribution in [0.15, 0.2) is 48.2 Å². The summed E-state index contributed by atoms with van der Waals surface area (Å²) in [5, 5.41) is 0. The predicted molar refractivity (Wildman–Crippen MR) is 106 cm³/mol. The summed E-state index contributed by atoms with van der Waals surface area (Å²) in [6.07, 6.45) is 5.65. The zero-order valence-electron chi connectivity index (χ0n) is 16.4. The van der Waals surface area contributed by atoms with Gasteiger partial charge in [0.15, 0.2) is 0 Å². The molecule has 1 atom stereocenters. The Morgan fingerprint density at radius 1 is 0.960 bits per heavy atom. The summed E-state index contributed by atoms with van der Waals surface area (Å²) in [4.78, 5) is 4.75. The van der Waals surface area contributed by atoms with E-state index < -0.39 is 0 Å². The van der Waals surface area contributed by atoms with Gasteiger partial charge in [-0.15, -0.1) is 0 Å². The normalized spacial score (nSPS) is 25.0. The van der Waals surface area contributed by atoms with Crippen molar-refractivity contribution < 1.29 is 0 Å². The van der Waals surface area contributed by atoms with Crippen molar-refractivity contribution in [3.05, 3.63) is 59.3 Å². The lowest BCUT2D eigenvalue weighted by atomic mass is 9.59. The van der Waals surface area contributed by atoms with Crippen LogP contribution in [0.1, 0.15) is 52.7 Å². The number of rotatable bonds is 1. The molecule has 1 heteroatoms. The Morgan fingerprint density at radius 2 is 1.64 bits per heavy atom. The van der Waals surface area contributed by atoms with Crippen molar-refractivity contribution in [2.24, 2.45) is 22.2 Å². The van der Waals surface area contributed by atoms with E-state index in [1.54, 1.807) is 5.57 Å². The third-order valence-electron chi connectivity index (χ3n) is 7.97. The molecular formula is C24H29N. The van der Waals surface area contributed by atoms with Gasteiger partial charge < -0.3 is 0 Å². The van der Waals surface area contributed by atoms with E-state index in [-0.39, 0.29) is 16.2 Å². The van der Waals surface area contributed by atoms with Crippen LogP contribution in [0, 0.1) is 22.2 Å². The largest absolute Gasteiger partial charge is 0.256 e. The quantitative estimate of drug-likeness (QED) is 0.589. The summed E-state index contributed by atoms with van der Waals surface area (Å²) in [7, 11) is 0. The fourth-order valence-corrected chi connectivity index (χ4v) is 5.04. The van der Waals surface area contributed by atoms with Crippen LogP contribution in [0.2, 0.25) is 0 Å². The Hall–Kier alpha value is -1.89. The minimum Gasteiger partial charge on any atom is -0.256 e. The van der Waals surface area contributed by atoms with Crippen molar-refractivity contribution in [3.8, 4) is 11.3 Å². The summed E-state index contributed by atoms with van der Waals surface area (Å²) in [5.74, 6) is 0.607. The first kappa shape index (κ1) is 16.6. The second-order valence-electron chi connectivity index (χ2n) is 9.46. The average molecular weight is 332 g/mol. The zero-order chi connectivity index (χ0) is 18.0. The highest BCUT2D eigenvalue weighted by atomic mass is 14.7. The molecule has 1 aromatic heterocycles. The second-order valence-corrected chi connectivity index (χ2v) is 9.46. The average Bonchev–Trinajstić information content (AvgIpc) is 2.69. The molecule has 1 aromatic carbocycles. The van der Waals surface area contributed by atoms with Gasteiger partial charge >= 0.3 is 0 Å². The van der Waals surface area contributed by atoms with E-state index in [4.69, 9.17) is 4.98 Å². The highest BCUT2D eigenvalue weighted by Crippen LogP contribution is 2.69. The smallest absolute Gasteiger partial charge is 0.0705 e. The van der Waals surface area contributed by atoms with Crippen LogP contribution < -0.4 is 0 Å². The van der Waals surface area contributed by atoms with Gasteiger partial charge in [-0.05, 0) is 45.8 Å². The molecule has 0 amide bonds. The van der Waals surface area contributed by atoms with Crippen LogP contribution >= 0.6 is 0 Å². The molecule has 0 spiro atoms. The lowest BCUT2D eigenvalue weighted by Gasteiger charge is -2.44. The molecule has 1 nitrogen and oxygen atoms in total. The van der Waals surface area contributed by atoms with E-state index in [1.165, 1.54) is 16.7 Å². The maximum atomic E-state index is 4.75. The number of nitrogens with zero attached hydrogens (tertiary/aromatic N) is 1. The molecule has 2 aromatic rings. The summed E-state index contributed by atoms with van der Waals surface area (Å²) in [6.45, 7) is 14.7. The van der Waals surface area contributed by atoms with Crippen LogP contribution in [0.5, 0.6) is 0 Å². The molecule has 0 radical (unpaired) electrons. The third kappa shape index (κ3) is 2.11. The lowest BCUT2D eigenvalue weighted by Crippen LogP contribution is -2.38. The van der Waals surface area contributed by atoms with Crippen LogP contribution in [-0.2, 0) is 6.42 Å². The van der Waals surface area contributed by atoms with Gasteiger partial charge in [0.2, 0.25) is 0 Å². The van der Waals surface area contributed by atoms with Gasteiger partial charge in [0, 0.05) is 11.8 Å².